The maximum atomic E-state index is 12.4. The van der Waals surface area contributed by atoms with Crippen molar-refractivity contribution in [2.45, 2.75) is 12.8 Å². The van der Waals surface area contributed by atoms with Gasteiger partial charge in [-0.1, -0.05) is 36.4 Å². The summed E-state index contributed by atoms with van der Waals surface area (Å²) in [7, 11) is 0. The number of hydrogen-bond donors (Lipinski definition) is 3. The summed E-state index contributed by atoms with van der Waals surface area (Å²) in [5, 5.41) is 18.3. The van der Waals surface area contributed by atoms with Gasteiger partial charge >= 0.3 is 0 Å². The van der Waals surface area contributed by atoms with Crippen molar-refractivity contribution >= 4 is 11.8 Å². The van der Waals surface area contributed by atoms with Crippen molar-refractivity contribution in [3.8, 4) is 11.4 Å². The molecule has 0 unspecified atom stereocenters. The summed E-state index contributed by atoms with van der Waals surface area (Å²) in [6.45, 7) is 0.186. The number of amides is 2. The van der Waals surface area contributed by atoms with Crippen LogP contribution in [0.3, 0.4) is 0 Å². The molecule has 0 atom stereocenters. The Hall–Kier alpha value is -3.29. The van der Waals surface area contributed by atoms with E-state index in [0.29, 0.717) is 17.0 Å². The zero-order valence-corrected chi connectivity index (χ0v) is 13.6. The summed E-state index contributed by atoms with van der Waals surface area (Å²) in [6.07, 6.45) is -0.253. The molecule has 1 aliphatic rings. The third-order valence-electron chi connectivity index (χ3n) is 4.32. The van der Waals surface area contributed by atoms with Gasteiger partial charge in [0.15, 0.2) is 6.29 Å². The van der Waals surface area contributed by atoms with Gasteiger partial charge in [0.2, 0.25) is 0 Å². The Labute approximate surface area is 148 Å². The summed E-state index contributed by atoms with van der Waals surface area (Å²) < 4.78 is 0. The predicted octanol–water partition coefficient (Wildman–Crippen LogP) is 1.86. The Balaban J connectivity index is 1.53. The molecule has 0 saturated carbocycles. The molecule has 0 radical (unpaired) electrons. The molecule has 2 heterocycles. The van der Waals surface area contributed by atoms with Crippen molar-refractivity contribution in [1.29, 1.82) is 0 Å². The third-order valence-corrected chi connectivity index (χ3v) is 4.32. The lowest BCUT2D eigenvalue weighted by molar-refractivity contribution is -0.0455. The monoisotopic (exact) mass is 349 g/mol. The van der Waals surface area contributed by atoms with Crippen molar-refractivity contribution in [2.24, 2.45) is 0 Å². The van der Waals surface area contributed by atoms with Gasteiger partial charge in [-0.2, -0.15) is 0 Å². The molecule has 2 amide bonds. The van der Waals surface area contributed by atoms with E-state index in [1.54, 1.807) is 48.5 Å². The average Bonchev–Trinajstić information content (AvgIpc) is 3.23. The van der Waals surface area contributed by atoms with Crippen LogP contribution in [0.4, 0.5) is 0 Å². The summed E-state index contributed by atoms with van der Waals surface area (Å²) in [5.74, 6) is -0.0787. The fourth-order valence-electron chi connectivity index (χ4n) is 2.95. The number of H-pyrrole nitrogens is 1. The first-order valence-electron chi connectivity index (χ1n) is 8.00. The lowest BCUT2D eigenvalue weighted by Crippen LogP contribution is -2.29. The van der Waals surface area contributed by atoms with Gasteiger partial charge in [-0.3, -0.25) is 14.5 Å². The van der Waals surface area contributed by atoms with E-state index in [4.69, 9.17) is 10.2 Å². The molecule has 0 spiro atoms. The summed E-state index contributed by atoms with van der Waals surface area (Å²) >= 11 is 0. The maximum Gasteiger partial charge on any atom is 0.261 e. The van der Waals surface area contributed by atoms with Crippen LogP contribution in [-0.4, -0.2) is 36.9 Å². The Morgan fingerprint density at radius 1 is 0.962 bits per heavy atom. The number of benzene rings is 2. The highest BCUT2D eigenvalue weighted by Crippen LogP contribution is 2.25. The first-order chi connectivity index (χ1) is 12.5. The molecule has 4 rings (SSSR count). The van der Waals surface area contributed by atoms with Crippen LogP contribution in [0.1, 0.15) is 38.3 Å². The fraction of sp³-hybridized carbons (Fsp3) is 0.105. The number of carbonyl (C=O) groups excluding carboxylic acids is 2. The van der Waals surface area contributed by atoms with Gasteiger partial charge in [0.25, 0.3) is 11.8 Å². The molecule has 26 heavy (non-hydrogen) atoms. The molecule has 0 bridgehead atoms. The second-order valence-electron chi connectivity index (χ2n) is 6.00. The van der Waals surface area contributed by atoms with Crippen LogP contribution < -0.4 is 0 Å². The van der Waals surface area contributed by atoms with Gasteiger partial charge in [-0.15, -0.1) is 0 Å². The number of nitrogens with zero attached hydrogens (tertiary/aromatic N) is 2. The van der Waals surface area contributed by atoms with Gasteiger partial charge in [0.05, 0.1) is 29.6 Å². The third kappa shape index (κ3) is 2.69. The van der Waals surface area contributed by atoms with Crippen molar-refractivity contribution in [3.05, 3.63) is 77.1 Å². The smallest absolute Gasteiger partial charge is 0.261 e. The molecule has 3 aromatic rings. The molecule has 2 aromatic carbocycles. The normalized spacial score (nSPS) is 13.6. The minimum absolute atomic E-state index is 0.186. The van der Waals surface area contributed by atoms with Gasteiger partial charge < -0.3 is 15.2 Å². The molecule has 7 nitrogen and oxygen atoms in total. The lowest BCUT2D eigenvalue weighted by atomic mass is 10.1. The van der Waals surface area contributed by atoms with E-state index < -0.39 is 6.29 Å². The largest absolute Gasteiger partial charge is 0.363 e. The number of aromatic nitrogens is 2. The molecule has 0 fully saturated rings. The van der Waals surface area contributed by atoms with Crippen LogP contribution >= 0.6 is 0 Å². The van der Waals surface area contributed by atoms with Gasteiger partial charge in [0, 0.05) is 5.56 Å². The van der Waals surface area contributed by atoms with Crippen LogP contribution in [0.15, 0.2) is 54.7 Å². The Bertz CT molecular complexity index is 957. The van der Waals surface area contributed by atoms with Crippen molar-refractivity contribution in [3.63, 3.8) is 0 Å². The van der Waals surface area contributed by atoms with E-state index in [1.807, 2.05) is 0 Å². The minimum Gasteiger partial charge on any atom is -0.363 e. The average molecular weight is 349 g/mol. The Morgan fingerprint density at radius 2 is 1.58 bits per heavy atom. The first-order valence-corrected chi connectivity index (χ1v) is 8.00. The van der Waals surface area contributed by atoms with Crippen molar-refractivity contribution in [2.75, 3.05) is 0 Å². The van der Waals surface area contributed by atoms with Crippen LogP contribution in [0.25, 0.3) is 11.4 Å². The van der Waals surface area contributed by atoms with E-state index in [9.17, 15) is 9.59 Å². The van der Waals surface area contributed by atoms with Crippen molar-refractivity contribution < 1.29 is 19.8 Å². The SMILES string of the molecule is O=C1c2ccccc2C(=O)N1Cc1ccc(-c2ncc(C(O)O)[nH]2)cc1. The van der Waals surface area contributed by atoms with Crippen LogP contribution in [0, 0.1) is 0 Å². The molecule has 3 N–H and O–H groups in total. The van der Waals surface area contributed by atoms with Crippen LogP contribution in [0.5, 0.6) is 0 Å². The number of rotatable bonds is 4. The van der Waals surface area contributed by atoms with Crippen molar-refractivity contribution in [1.82, 2.24) is 14.9 Å². The Kier molecular flexibility index (Phi) is 3.87. The molecule has 0 aliphatic carbocycles. The zero-order valence-electron chi connectivity index (χ0n) is 13.6. The molecule has 0 saturated heterocycles. The number of nitrogens with one attached hydrogen (secondary N) is 1. The molecule has 130 valence electrons. The molecule has 1 aromatic heterocycles. The molecular formula is C19H15N3O4. The fourth-order valence-corrected chi connectivity index (χ4v) is 2.95. The van der Waals surface area contributed by atoms with Gasteiger partial charge in [0.1, 0.15) is 5.82 Å². The molecule has 1 aliphatic heterocycles. The van der Waals surface area contributed by atoms with Gasteiger partial charge in [-0.05, 0) is 17.7 Å². The Morgan fingerprint density at radius 3 is 2.12 bits per heavy atom. The highest BCUT2D eigenvalue weighted by molar-refractivity contribution is 6.21. The minimum atomic E-state index is -1.61. The van der Waals surface area contributed by atoms with Crippen LogP contribution in [-0.2, 0) is 6.54 Å². The summed E-state index contributed by atoms with van der Waals surface area (Å²) in [6, 6.07) is 14.0. The number of hydrogen-bond acceptors (Lipinski definition) is 5. The number of carbonyl (C=O) groups is 2. The predicted molar refractivity (Wildman–Crippen MR) is 91.8 cm³/mol. The van der Waals surface area contributed by atoms with E-state index in [-0.39, 0.29) is 24.1 Å². The summed E-state index contributed by atoms with van der Waals surface area (Å²) in [5.41, 5.74) is 2.62. The lowest BCUT2D eigenvalue weighted by Gasteiger charge is -2.14. The maximum absolute atomic E-state index is 12.4. The number of aliphatic hydroxyl groups excluding tert-OH is 1. The standard InChI is InChI=1S/C19H15N3O4/c23-17-13-3-1-2-4-14(13)18(24)22(17)10-11-5-7-12(8-6-11)16-20-9-15(21-16)19(25)26/h1-9,19,25-26H,10H2,(H,20,21). The van der Waals surface area contributed by atoms with E-state index in [1.165, 1.54) is 11.1 Å². The number of imidazole rings is 1. The highest BCUT2D eigenvalue weighted by Gasteiger charge is 2.34. The zero-order chi connectivity index (χ0) is 18.3. The van der Waals surface area contributed by atoms with Crippen LogP contribution in [0.2, 0.25) is 0 Å². The topological polar surface area (TPSA) is 107 Å². The highest BCUT2D eigenvalue weighted by atomic mass is 16.5. The number of aromatic amines is 1. The number of imide groups is 1. The van der Waals surface area contributed by atoms with Gasteiger partial charge in [-0.25, -0.2) is 4.98 Å². The summed E-state index contributed by atoms with van der Waals surface area (Å²) in [4.78, 5) is 33.0. The second-order valence-corrected chi connectivity index (χ2v) is 6.00. The quantitative estimate of drug-likeness (QED) is 0.492. The molecular weight excluding hydrogens is 334 g/mol. The molecule has 7 heteroatoms. The number of aliphatic hydroxyl groups is 2. The van der Waals surface area contributed by atoms with E-state index in [2.05, 4.69) is 9.97 Å². The number of fused-ring (bicyclic) bond motifs is 1. The second kappa shape index (κ2) is 6.21. The van der Waals surface area contributed by atoms with E-state index >= 15 is 0 Å². The van der Waals surface area contributed by atoms with E-state index in [0.717, 1.165) is 11.1 Å². The first kappa shape index (κ1) is 16.2.